The van der Waals surface area contributed by atoms with E-state index in [2.05, 4.69) is 29.5 Å². The molecule has 0 aliphatic carbocycles. The Balaban J connectivity index is 0.00000289. The Morgan fingerprint density at radius 1 is 1.28 bits per heavy atom. The van der Waals surface area contributed by atoms with E-state index >= 15 is 0 Å². The van der Waals surface area contributed by atoms with Crippen LogP contribution in [0.25, 0.3) is 0 Å². The smallest absolute Gasteiger partial charge is 0.191 e. The molecule has 0 radical (unpaired) electrons. The Morgan fingerprint density at radius 2 is 1.89 bits per heavy atom. The van der Waals surface area contributed by atoms with Gasteiger partial charge in [0.05, 0.1) is 0 Å². The first kappa shape index (κ1) is 17.2. The maximum Gasteiger partial charge on any atom is 0.191 e. The van der Waals surface area contributed by atoms with Crippen molar-refractivity contribution < 1.29 is 4.39 Å². The van der Waals surface area contributed by atoms with E-state index in [9.17, 15) is 4.39 Å². The van der Waals surface area contributed by atoms with Crippen molar-refractivity contribution in [2.45, 2.75) is 26.3 Å². The average Bonchev–Trinajstić information content (AvgIpc) is 2.30. The van der Waals surface area contributed by atoms with E-state index in [0.717, 1.165) is 24.5 Å². The largest absolute Gasteiger partial charge is 0.356 e. The van der Waals surface area contributed by atoms with Crippen LogP contribution in [0.2, 0.25) is 0 Å². The number of hydrogen-bond donors (Lipinski definition) is 2. The molecule has 0 atom stereocenters. The third-order valence-corrected chi connectivity index (χ3v) is 2.27. The zero-order chi connectivity index (χ0) is 12.7. The van der Waals surface area contributed by atoms with Gasteiger partial charge in [-0.05, 0) is 38.0 Å². The monoisotopic (exact) mass is 365 g/mol. The molecule has 102 valence electrons. The van der Waals surface area contributed by atoms with Crippen LogP contribution in [0.4, 0.5) is 4.39 Å². The SMILES string of the molecule is CN=C(NCCc1ccc(F)cc1)NC(C)C.I. The van der Waals surface area contributed by atoms with E-state index in [1.54, 1.807) is 19.2 Å². The molecule has 0 aliphatic heterocycles. The van der Waals surface area contributed by atoms with Gasteiger partial charge in [-0.25, -0.2) is 4.39 Å². The Hall–Kier alpha value is -0.850. The molecule has 0 saturated heterocycles. The Labute approximate surface area is 125 Å². The molecule has 0 unspecified atom stereocenters. The molecule has 5 heteroatoms. The predicted octanol–water partition coefficient (Wildman–Crippen LogP) is 2.56. The summed E-state index contributed by atoms with van der Waals surface area (Å²) in [4.78, 5) is 4.11. The molecule has 0 bridgehead atoms. The fraction of sp³-hybridized carbons (Fsp3) is 0.462. The fourth-order valence-corrected chi connectivity index (χ4v) is 1.44. The Kier molecular flexibility index (Phi) is 8.70. The Bertz CT molecular complexity index is 363. The number of guanidine groups is 1. The third kappa shape index (κ3) is 6.78. The number of nitrogens with zero attached hydrogens (tertiary/aromatic N) is 1. The molecule has 1 aromatic carbocycles. The van der Waals surface area contributed by atoms with Gasteiger partial charge in [0, 0.05) is 19.6 Å². The lowest BCUT2D eigenvalue weighted by molar-refractivity contribution is 0.626. The van der Waals surface area contributed by atoms with Crippen LogP contribution >= 0.6 is 24.0 Å². The summed E-state index contributed by atoms with van der Waals surface area (Å²) >= 11 is 0. The first-order valence-electron chi connectivity index (χ1n) is 5.83. The van der Waals surface area contributed by atoms with Crippen LogP contribution in [0.3, 0.4) is 0 Å². The minimum atomic E-state index is -0.195. The lowest BCUT2D eigenvalue weighted by atomic mass is 10.1. The van der Waals surface area contributed by atoms with Gasteiger partial charge in [-0.2, -0.15) is 0 Å². The van der Waals surface area contributed by atoms with Gasteiger partial charge in [0.1, 0.15) is 5.82 Å². The standard InChI is InChI=1S/C13H20FN3.HI/c1-10(2)17-13(15-3)16-9-8-11-4-6-12(14)7-5-11;/h4-7,10H,8-9H2,1-3H3,(H2,15,16,17);1H. The summed E-state index contributed by atoms with van der Waals surface area (Å²) in [5.74, 6) is 0.598. The van der Waals surface area contributed by atoms with Crippen molar-refractivity contribution in [3.63, 3.8) is 0 Å². The van der Waals surface area contributed by atoms with E-state index < -0.39 is 0 Å². The highest BCUT2D eigenvalue weighted by Crippen LogP contribution is 2.02. The van der Waals surface area contributed by atoms with Crippen molar-refractivity contribution in [2.75, 3.05) is 13.6 Å². The molecule has 0 amide bonds. The molecular weight excluding hydrogens is 344 g/mol. The summed E-state index contributed by atoms with van der Waals surface area (Å²) in [7, 11) is 1.75. The summed E-state index contributed by atoms with van der Waals surface area (Å²) in [5, 5.41) is 6.41. The van der Waals surface area contributed by atoms with Crippen molar-refractivity contribution in [3.05, 3.63) is 35.6 Å². The van der Waals surface area contributed by atoms with Crippen molar-refractivity contribution in [2.24, 2.45) is 4.99 Å². The number of nitrogens with one attached hydrogen (secondary N) is 2. The highest BCUT2D eigenvalue weighted by Gasteiger charge is 1.99. The van der Waals surface area contributed by atoms with Crippen LogP contribution < -0.4 is 10.6 Å². The van der Waals surface area contributed by atoms with Gasteiger partial charge in [0.15, 0.2) is 5.96 Å². The molecule has 18 heavy (non-hydrogen) atoms. The van der Waals surface area contributed by atoms with Gasteiger partial charge in [-0.3, -0.25) is 4.99 Å². The van der Waals surface area contributed by atoms with E-state index in [1.165, 1.54) is 12.1 Å². The predicted molar refractivity (Wildman–Crippen MR) is 85.2 cm³/mol. The summed E-state index contributed by atoms with van der Waals surface area (Å²) in [5.41, 5.74) is 1.11. The van der Waals surface area contributed by atoms with Gasteiger partial charge < -0.3 is 10.6 Å². The van der Waals surface area contributed by atoms with E-state index in [4.69, 9.17) is 0 Å². The van der Waals surface area contributed by atoms with Crippen molar-refractivity contribution in [3.8, 4) is 0 Å². The van der Waals surface area contributed by atoms with Crippen LogP contribution in [0.1, 0.15) is 19.4 Å². The quantitative estimate of drug-likeness (QED) is 0.489. The average molecular weight is 365 g/mol. The molecular formula is C13H21FIN3. The van der Waals surface area contributed by atoms with E-state index in [1.807, 2.05) is 0 Å². The van der Waals surface area contributed by atoms with Crippen LogP contribution in [-0.4, -0.2) is 25.6 Å². The third-order valence-electron chi connectivity index (χ3n) is 2.27. The van der Waals surface area contributed by atoms with Crippen LogP contribution in [0.5, 0.6) is 0 Å². The van der Waals surface area contributed by atoms with Crippen LogP contribution in [0, 0.1) is 5.82 Å². The zero-order valence-corrected chi connectivity index (χ0v) is 13.4. The van der Waals surface area contributed by atoms with Gasteiger partial charge in [-0.1, -0.05) is 12.1 Å². The van der Waals surface area contributed by atoms with Crippen LogP contribution in [-0.2, 0) is 6.42 Å². The maximum atomic E-state index is 12.7. The normalized spacial score (nSPS) is 11.1. The summed E-state index contributed by atoms with van der Waals surface area (Å²) in [6, 6.07) is 6.92. The van der Waals surface area contributed by atoms with E-state index in [0.29, 0.717) is 6.04 Å². The molecule has 1 rings (SSSR count). The highest BCUT2D eigenvalue weighted by atomic mass is 127. The second-order valence-corrected chi connectivity index (χ2v) is 4.17. The highest BCUT2D eigenvalue weighted by molar-refractivity contribution is 14.0. The minimum Gasteiger partial charge on any atom is -0.356 e. The molecule has 3 nitrogen and oxygen atoms in total. The number of rotatable bonds is 4. The molecule has 2 N–H and O–H groups in total. The summed E-state index contributed by atoms with van der Waals surface area (Å²) in [6.45, 7) is 4.90. The first-order chi connectivity index (χ1) is 8.11. The van der Waals surface area contributed by atoms with Crippen molar-refractivity contribution in [1.82, 2.24) is 10.6 Å². The molecule has 0 aromatic heterocycles. The number of hydrogen-bond acceptors (Lipinski definition) is 1. The fourth-order valence-electron chi connectivity index (χ4n) is 1.44. The molecule has 1 aromatic rings. The van der Waals surface area contributed by atoms with Crippen molar-refractivity contribution in [1.29, 1.82) is 0 Å². The number of aliphatic imine (C=N–C) groups is 1. The van der Waals surface area contributed by atoms with Gasteiger partial charge in [0.25, 0.3) is 0 Å². The lowest BCUT2D eigenvalue weighted by Gasteiger charge is -2.14. The Morgan fingerprint density at radius 3 is 2.39 bits per heavy atom. The number of halogens is 2. The number of benzene rings is 1. The first-order valence-corrected chi connectivity index (χ1v) is 5.83. The van der Waals surface area contributed by atoms with E-state index in [-0.39, 0.29) is 29.8 Å². The summed E-state index contributed by atoms with van der Waals surface area (Å²) < 4.78 is 12.7. The molecule has 0 spiro atoms. The van der Waals surface area contributed by atoms with Gasteiger partial charge in [-0.15, -0.1) is 24.0 Å². The van der Waals surface area contributed by atoms with Gasteiger partial charge >= 0.3 is 0 Å². The second-order valence-electron chi connectivity index (χ2n) is 4.17. The molecule has 0 fully saturated rings. The maximum absolute atomic E-state index is 12.7. The van der Waals surface area contributed by atoms with Crippen LogP contribution in [0.15, 0.2) is 29.3 Å². The molecule has 0 heterocycles. The zero-order valence-electron chi connectivity index (χ0n) is 11.0. The molecule has 0 aliphatic rings. The summed E-state index contributed by atoms with van der Waals surface area (Å²) in [6.07, 6.45) is 0.846. The van der Waals surface area contributed by atoms with Gasteiger partial charge in [0.2, 0.25) is 0 Å². The van der Waals surface area contributed by atoms with Crippen molar-refractivity contribution >= 4 is 29.9 Å². The minimum absolute atomic E-state index is 0. The second kappa shape index (κ2) is 9.13. The lowest BCUT2D eigenvalue weighted by Crippen LogP contribution is -2.41. The topological polar surface area (TPSA) is 36.4 Å². The molecule has 0 saturated carbocycles.